The molecule has 3 rings (SSSR count). The topological polar surface area (TPSA) is 148 Å². The number of nitrogens with zero attached hydrogens (tertiary/aromatic N) is 4. The number of aliphatic hydroxyl groups excluding tert-OH is 3. The molecule has 1 aliphatic heterocycles. The van der Waals surface area contributed by atoms with Gasteiger partial charge in [0, 0.05) is 12.4 Å². The van der Waals surface area contributed by atoms with E-state index < -0.39 is 36.8 Å². The van der Waals surface area contributed by atoms with E-state index in [2.05, 4.69) is 9.97 Å². The zero-order valence-electron chi connectivity index (χ0n) is 10.2. The second-order valence-electron chi connectivity index (χ2n) is 4.47. The largest absolute Gasteiger partial charge is 0.394 e. The van der Waals surface area contributed by atoms with Gasteiger partial charge in [-0.05, 0) is 0 Å². The molecule has 0 spiro atoms. The van der Waals surface area contributed by atoms with Gasteiger partial charge in [-0.15, -0.1) is 0 Å². The summed E-state index contributed by atoms with van der Waals surface area (Å²) in [4.78, 5) is 19.0. The molecule has 1 fully saturated rings. The predicted molar refractivity (Wildman–Crippen MR) is 64.7 cm³/mol. The third kappa shape index (κ3) is 1.78. The maximum absolute atomic E-state index is 11.6. The van der Waals surface area contributed by atoms with Gasteiger partial charge in [-0.25, -0.2) is 9.20 Å². The van der Waals surface area contributed by atoms with Gasteiger partial charge >= 0.3 is 5.69 Å². The summed E-state index contributed by atoms with van der Waals surface area (Å²) >= 11 is 0. The summed E-state index contributed by atoms with van der Waals surface area (Å²) < 4.78 is 7.84. The van der Waals surface area contributed by atoms with E-state index >= 15 is 0 Å². The van der Waals surface area contributed by atoms with Gasteiger partial charge in [-0.3, -0.25) is 4.57 Å². The lowest BCUT2D eigenvalue weighted by Gasteiger charge is -2.16. The summed E-state index contributed by atoms with van der Waals surface area (Å²) in [5.74, 6) is -0.0842. The molecule has 0 saturated carbocycles. The van der Waals surface area contributed by atoms with E-state index in [4.69, 9.17) is 15.6 Å². The van der Waals surface area contributed by atoms with Gasteiger partial charge in [-0.1, -0.05) is 0 Å². The van der Waals surface area contributed by atoms with Gasteiger partial charge in [0.2, 0.25) is 11.7 Å². The summed E-state index contributed by atoms with van der Waals surface area (Å²) in [6.45, 7) is -0.439. The van der Waals surface area contributed by atoms with Gasteiger partial charge in [0.05, 0.1) is 6.61 Å². The Labute approximate surface area is 111 Å². The number of aliphatic hydroxyl groups is 3. The Bertz CT molecular complexity index is 697. The van der Waals surface area contributed by atoms with E-state index in [1.54, 1.807) is 0 Å². The molecule has 0 radical (unpaired) electrons. The molecule has 2 aromatic rings. The first-order valence-electron chi connectivity index (χ1n) is 5.88. The molecule has 3 heterocycles. The summed E-state index contributed by atoms with van der Waals surface area (Å²) in [6.07, 6.45) is -1.56. The number of nitrogens with two attached hydrogens (primary N) is 1. The van der Waals surface area contributed by atoms with Crippen LogP contribution in [-0.2, 0) is 4.74 Å². The molecule has 0 bridgehead atoms. The summed E-state index contributed by atoms with van der Waals surface area (Å²) in [6, 6.07) is 0. The van der Waals surface area contributed by atoms with Gasteiger partial charge in [0.1, 0.15) is 18.3 Å². The second kappa shape index (κ2) is 4.52. The lowest BCUT2D eigenvalue weighted by atomic mass is 10.1. The van der Waals surface area contributed by atoms with Crippen molar-refractivity contribution in [2.24, 2.45) is 0 Å². The number of nitrogen functional groups attached to an aromatic ring is 1. The van der Waals surface area contributed by atoms with E-state index in [9.17, 15) is 15.0 Å². The number of imidazole rings is 1. The van der Waals surface area contributed by atoms with Crippen molar-refractivity contribution < 1.29 is 20.1 Å². The van der Waals surface area contributed by atoms with E-state index in [-0.39, 0.29) is 11.7 Å². The molecular weight excluding hydrogens is 270 g/mol. The molecule has 1 saturated heterocycles. The maximum atomic E-state index is 11.6. The molecule has 20 heavy (non-hydrogen) atoms. The lowest BCUT2D eigenvalue weighted by Crippen LogP contribution is -2.33. The molecule has 108 valence electrons. The molecule has 0 aromatic carbocycles. The molecule has 4 atom stereocenters. The van der Waals surface area contributed by atoms with Crippen molar-refractivity contribution in [1.82, 2.24) is 18.9 Å². The van der Waals surface area contributed by atoms with Crippen LogP contribution in [0.1, 0.15) is 6.23 Å². The first-order valence-corrected chi connectivity index (χ1v) is 5.88. The molecule has 1 aliphatic rings. The fourth-order valence-corrected chi connectivity index (χ4v) is 2.24. The highest BCUT2D eigenvalue weighted by atomic mass is 16.6. The second-order valence-corrected chi connectivity index (χ2v) is 4.47. The number of fused-ring (bicyclic) bond motifs is 1. The first kappa shape index (κ1) is 13.0. The smallest absolute Gasteiger partial charge is 0.357 e. The Balaban J connectivity index is 2.09. The fourth-order valence-electron chi connectivity index (χ4n) is 2.24. The Morgan fingerprint density at radius 1 is 1.30 bits per heavy atom. The van der Waals surface area contributed by atoms with Crippen LogP contribution in [0.3, 0.4) is 0 Å². The molecule has 2 aromatic heterocycles. The van der Waals surface area contributed by atoms with Crippen LogP contribution in [0.4, 0.5) is 5.95 Å². The minimum absolute atomic E-state index is 0.123. The monoisotopic (exact) mass is 283 g/mol. The van der Waals surface area contributed by atoms with Crippen LogP contribution in [0.2, 0.25) is 0 Å². The molecule has 0 amide bonds. The number of anilines is 1. The minimum Gasteiger partial charge on any atom is -0.394 e. The Kier molecular flexibility index (Phi) is 2.94. The first-order chi connectivity index (χ1) is 9.52. The van der Waals surface area contributed by atoms with Gasteiger partial charge in [-0.2, -0.15) is 9.97 Å². The van der Waals surface area contributed by atoms with Crippen molar-refractivity contribution >= 4 is 11.7 Å². The van der Waals surface area contributed by atoms with Crippen LogP contribution in [0.15, 0.2) is 17.2 Å². The highest BCUT2D eigenvalue weighted by Crippen LogP contribution is 2.30. The Morgan fingerprint density at radius 2 is 2.05 bits per heavy atom. The van der Waals surface area contributed by atoms with Crippen LogP contribution >= 0.6 is 0 Å². The third-order valence-corrected chi connectivity index (χ3v) is 3.24. The summed E-state index contributed by atoms with van der Waals surface area (Å²) in [5, 5.41) is 28.8. The number of ether oxygens (including phenoxy) is 1. The molecule has 0 aliphatic carbocycles. The van der Waals surface area contributed by atoms with E-state index in [0.29, 0.717) is 0 Å². The normalized spacial score (nSPS) is 30.1. The van der Waals surface area contributed by atoms with Crippen molar-refractivity contribution in [3.63, 3.8) is 0 Å². The molecule has 10 nitrogen and oxygen atoms in total. The molecule has 1 unspecified atom stereocenters. The Hall–Kier alpha value is -2.01. The van der Waals surface area contributed by atoms with E-state index in [1.807, 2.05) is 0 Å². The van der Waals surface area contributed by atoms with Crippen molar-refractivity contribution in [1.29, 1.82) is 0 Å². The molecular formula is C10H13N5O5. The van der Waals surface area contributed by atoms with Crippen molar-refractivity contribution in [3.8, 4) is 0 Å². The molecule has 5 N–H and O–H groups in total. The highest BCUT2D eigenvalue weighted by Gasteiger charge is 2.43. The standard InChI is InChI=1S/C10H13N5O5/c11-8-12-9-14(1-2-15(9)10(19)13-8)7-6(18)5(17)4(3-16)20-7/h1-2,4-7,16-18H,3H2,(H2,11,13,19)/t4-,5?,6+,7-/m1/s1. The quantitative estimate of drug-likeness (QED) is 0.458. The van der Waals surface area contributed by atoms with Gasteiger partial charge in [0.15, 0.2) is 6.23 Å². The van der Waals surface area contributed by atoms with Gasteiger partial charge < -0.3 is 25.8 Å². The average Bonchev–Trinajstić information content (AvgIpc) is 2.93. The number of hydrogen-bond acceptors (Lipinski definition) is 8. The van der Waals surface area contributed by atoms with Crippen molar-refractivity contribution in [3.05, 3.63) is 22.9 Å². The zero-order chi connectivity index (χ0) is 14.4. The highest BCUT2D eigenvalue weighted by molar-refractivity contribution is 5.35. The maximum Gasteiger partial charge on any atom is 0.357 e. The SMILES string of the molecule is Nc1nc(=O)n2ccn([C@@H]3O[C@H](CO)C(O)[C@@H]3O)c2n1. The van der Waals surface area contributed by atoms with E-state index in [1.165, 1.54) is 17.0 Å². The van der Waals surface area contributed by atoms with Gasteiger partial charge in [0.25, 0.3) is 0 Å². The van der Waals surface area contributed by atoms with E-state index in [0.717, 1.165) is 4.40 Å². The van der Waals surface area contributed by atoms with Crippen LogP contribution < -0.4 is 11.4 Å². The minimum atomic E-state index is -1.27. The van der Waals surface area contributed by atoms with Crippen LogP contribution in [0.5, 0.6) is 0 Å². The van der Waals surface area contributed by atoms with Crippen LogP contribution in [0.25, 0.3) is 5.78 Å². The Morgan fingerprint density at radius 3 is 2.70 bits per heavy atom. The van der Waals surface area contributed by atoms with Crippen LogP contribution in [0, 0.1) is 0 Å². The van der Waals surface area contributed by atoms with Crippen LogP contribution in [-0.4, -0.2) is 59.2 Å². The average molecular weight is 283 g/mol. The van der Waals surface area contributed by atoms with Crippen molar-refractivity contribution in [2.45, 2.75) is 24.5 Å². The number of rotatable bonds is 2. The summed E-state index contributed by atoms with van der Waals surface area (Å²) in [7, 11) is 0. The van der Waals surface area contributed by atoms with Crippen molar-refractivity contribution in [2.75, 3.05) is 12.3 Å². The lowest BCUT2D eigenvalue weighted by molar-refractivity contribution is -0.0510. The molecule has 10 heteroatoms. The predicted octanol–water partition coefficient (Wildman–Crippen LogP) is -2.92. The fraction of sp³-hybridized carbons (Fsp3) is 0.500. The third-order valence-electron chi connectivity index (χ3n) is 3.24. The zero-order valence-corrected chi connectivity index (χ0v) is 10.2. The summed E-state index contributed by atoms with van der Waals surface area (Å²) in [5.41, 5.74) is 4.81. The number of hydrogen-bond donors (Lipinski definition) is 4. The number of aromatic nitrogens is 4.